The zero-order chi connectivity index (χ0) is 53.0. The van der Waals surface area contributed by atoms with Crippen molar-refractivity contribution in [2.45, 2.75) is 51.2 Å². The summed E-state index contributed by atoms with van der Waals surface area (Å²) in [7, 11) is -3.71. The molecule has 2 unspecified atom stereocenters. The van der Waals surface area contributed by atoms with Crippen LogP contribution in [0.15, 0.2) is 60.8 Å². The number of halogens is 8. The molecule has 28 heteroatoms. The molecule has 0 saturated carbocycles. The van der Waals surface area contributed by atoms with Crippen LogP contribution in [0.4, 0.5) is 36.1 Å². The largest absolute Gasteiger partial charge is 0.778 e. The van der Waals surface area contributed by atoms with Crippen molar-refractivity contribution in [3.05, 3.63) is 97.6 Å². The highest BCUT2D eigenvalue weighted by Gasteiger charge is 2.34. The Morgan fingerprint density at radius 3 is 2.16 bits per heavy atom. The van der Waals surface area contributed by atoms with Crippen molar-refractivity contribution < 1.29 is 61.4 Å². The fraction of sp³-hybridized carbons (Fsp3) is 0.415. The Labute approximate surface area is 424 Å². The third kappa shape index (κ3) is 21.1. The fourth-order valence-electron chi connectivity index (χ4n) is 5.55. The summed E-state index contributed by atoms with van der Waals surface area (Å²) in [5, 5.41) is 23.5. The van der Waals surface area contributed by atoms with Gasteiger partial charge in [-0.2, -0.15) is 18.3 Å². The van der Waals surface area contributed by atoms with Crippen LogP contribution in [0.3, 0.4) is 0 Å². The van der Waals surface area contributed by atoms with Gasteiger partial charge in [-0.25, -0.2) is 4.68 Å². The van der Waals surface area contributed by atoms with E-state index in [-0.39, 0.29) is 46.2 Å². The number of rotatable bonds is 13. The van der Waals surface area contributed by atoms with E-state index in [1.165, 1.54) is 0 Å². The van der Waals surface area contributed by atoms with E-state index in [0.717, 1.165) is 39.8 Å². The lowest BCUT2D eigenvalue weighted by Crippen LogP contribution is -2.47. The molecular formula is C41H52Cl5F3N7O11PS. The molecule has 1 aromatic heterocycles. The molecule has 4 aromatic rings. The predicted molar refractivity (Wildman–Crippen MR) is 265 cm³/mol. The van der Waals surface area contributed by atoms with Crippen molar-refractivity contribution in [3.63, 3.8) is 0 Å². The number of amides is 2. The Morgan fingerprint density at radius 2 is 1.70 bits per heavy atom. The van der Waals surface area contributed by atoms with Crippen LogP contribution in [0.25, 0.3) is 5.69 Å². The second-order valence-electron chi connectivity index (χ2n) is 14.4. The lowest BCUT2D eigenvalue weighted by Gasteiger charge is -2.35. The number of aromatic nitrogens is 2. The molecule has 0 fully saturated rings. The number of carbonyl (C=O) groups is 3. The summed E-state index contributed by atoms with van der Waals surface area (Å²) in [6, 6.07) is 14.6. The van der Waals surface area contributed by atoms with E-state index in [1.807, 2.05) is 68.6 Å². The molecule has 3 aromatic carbocycles. The monoisotopic (exact) mass is 1110 g/mol. The number of fused-ring (bicyclic) bond motifs is 1. The molecule has 5 N–H and O–H groups in total. The number of nitrogens with two attached hydrogens (primary N) is 1. The number of alkyl halides is 6. The SMILES string of the molecule is CC1COc2ccccc2N1C(=O)C(Cl)Cl.CCOCN(C(=O)CCl)c1c(C)cccc1CC.C[S+](C)C.Nc1c([N+](=O)[O-])cnn1-c1c(Cl)cc(C(F)(F)F)cc1Cl.O=C(O)CNCP(=O)([O-])O. The number of carbonyl (C=O) groups excluding carboxylic acids is 2. The van der Waals surface area contributed by atoms with Gasteiger partial charge < -0.3 is 39.6 Å². The number of carboxylic acid groups (broad SMARTS) is 1. The molecule has 2 atom stereocenters. The Balaban J connectivity index is 0.000000459. The summed E-state index contributed by atoms with van der Waals surface area (Å²) in [6.45, 7) is 8.65. The quantitative estimate of drug-likeness (QED) is 0.0247. The number of hydrogen-bond acceptors (Lipinski definition) is 12. The molecule has 0 spiro atoms. The van der Waals surface area contributed by atoms with Crippen molar-refractivity contribution in [1.82, 2.24) is 15.1 Å². The second-order valence-corrected chi connectivity index (χ2v) is 20.6. The van der Waals surface area contributed by atoms with E-state index in [4.69, 9.17) is 83.2 Å². The molecule has 0 saturated heterocycles. The van der Waals surface area contributed by atoms with E-state index in [9.17, 15) is 47.1 Å². The third-order valence-corrected chi connectivity index (χ3v) is 10.2. The molecule has 5 rings (SSSR count). The number of nitrogens with zero attached hydrogens (tertiary/aromatic N) is 5. The second kappa shape index (κ2) is 30.0. The zero-order valence-electron chi connectivity index (χ0n) is 38.1. The van der Waals surface area contributed by atoms with Gasteiger partial charge in [0, 0.05) is 6.61 Å². The number of para-hydroxylation sites is 3. The van der Waals surface area contributed by atoms with Crippen LogP contribution in [0.5, 0.6) is 5.75 Å². The number of nitrogen functional groups attached to an aromatic ring is 1. The fourth-order valence-corrected chi connectivity index (χ4v) is 6.95. The van der Waals surface area contributed by atoms with Gasteiger partial charge in [-0.3, -0.25) is 34.7 Å². The number of benzene rings is 3. The van der Waals surface area contributed by atoms with Gasteiger partial charge in [-0.05, 0) is 73.5 Å². The average Bonchev–Trinajstić information content (AvgIpc) is 3.63. The van der Waals surface area contributed by atoms with Crippen LogP contribution < -0.4 is 30.5 Å². The van der Waals surface area contributed by atoms with Crippen molar-refractivity contribution in [2.24, 2.45) is 0 Å². The van der Waals surface area contributed by atoms with Crippen LogP contribution in [0.2, 0.25) is 10.0 Å². The normalized spacial score (nSPS) is 13.6. The first kappa shape index (κ1) is 63.0. The zero-order valence-corrected chi connectivity index (χ0v) is 43.6. The highest BCUT2D eigenvalue weighted by molar-refractivity contribution is 7.94. The van der Waals surface area contributed by atoms with E-state index < -0.39 is 59.4 Å². The number of hydrogen-bond donors (Lipinski definition) is 4. The van der Waals surface area contributed by atoms with Crippen LogP contribution in [0, 0.1) is 17.0 Å². The van der Waals surface area contributed by atoms with Gasteiger partial charge in [0.25, 0.3) is 5.91 Å². The van der Waals surface area contributed by atoms with E-state index in [1.54, 1.807) is 9.80 Å². The molecule has 2 amide bonds. The Kier molecular flexibility index (Phi) is 27.3. The van der Waals surface area contributed by atoms with Crippen LogP contribution >= 0.6 is 65.6 Å². The van der Waals surface area contributed by atoms with E-state index >= 15 is 0 Å². The highest BCUT2D eigenvalue weighted by Crippen LogP contribution is 2.39. The molecular weight excluding hydrogens is 1060 g/mol. The van der Waals surface area contributed by atoms with E-state index in [2.05, 4.69) is 30.8 Å². The minimum atomic E-state index is -4.63. The number of aliphatic carboxylic acids is 1. The molecule has 1 aliphatic heterocycles. The Hall–Kier alpha value is -4.06. The van der Waals surface area contributed by atoms with Gasteiger partial charge in [-0.1, -0.05) is 83.7 Å². The molecule has 0 bridgehead atoms. The molecule has 18 nitrogen and oxygen atoms in total. The van der Waals surface area contributed by atoms with Crippen LogP contribution in [-0.4, -0.2) is 111 Å². The number of nitro groups is 1. The molecule has 69 heavy (non-hydrogen) atoms. The van der Waals surface area contributed by atoms with Crippen molar-refractivity contribution in [3.8, 4) is 11.4 Å². The van der Waals surface area contributed by atoms with Crippen molar-refractivity contribution in [2.75, 3.05) is 73.0 Å². The van der Waals surface area contributed by atoms with Crippen molar-refractivity contribution >= 4 is 117 Å². The summed E-state index contributed by atoms with van der Waals surface area (Å²) in [5.41, 5.74) is 7.63. The van der Waals surface area contributed by atoms with Crippen molar-refractivity contribution in [1.29, 1.82) is 0 Å². The lowest BCUT2D eigenvalue weighted by molar-refractivity contribution is -0.383. The van der Waals surface area contributed by atoms with Gasteiger partial charge in [0.2, 0.25) is 11.7 Å². The maximum atomic E-state index is 12.6. The maximum absolute atomic E-state index is 12.6. The third-order valence-electron chi connectivity index (χ3n) is 8.41. The molecule has 2 heterocycles. The average molecular weight is 1120 g/mol. The number of carboxylic acids is 1. The Bertz CT molecular complexity index is 2360. The number of anilines is 3. The minimum absolute atomic E-state index is 0.0371. The van der Waals surface area contributed by atoms with Gasteiger partial charge >= 0.3 is 17.8 Å². The van der Waals surface area contributed by atoms with Crippen LogP contribution in [-0.2, 0) is 47.2 Å². The smallest absolute Gasteiger partial charge is 0.416 e. The summed E-state index contributed by atoms with van der Waals surface area (Å²) >= 11 is 28.5. The molecule has 0 aliphatic carbocycles. The van der Waals surface area contributed by atoms with Gasteiger partial charge in [0.15, 0.2) is 4.84 Å². The lowest BCUT2D eigenvalue weighted by atomic mass is 10.0. The summed E-state index contributed by atoms with van der Waals surface area (Å²) < 4.78 is 59.5. The number of ether oxygens (including phenoxy) is 2. The summed E-state index contributed by atoms with van der Waals surface area (Å²) in [4.78, 5) is 63.7. The maximum Gasteiger partial charge on any atom is 0.416 e. The van der Waals surface area contributed by atoms with Crippen LogP contribution in [0.1, 0.15) is 37.5 Å². The molecule has 384 valence electrons. The number of aryl methyl sites for hydroxylation is 2. The Morgan fingerprint density at radius 1 is 1.12 bits per heavy atom. The summed E-state index contributed by atoms with van der Waals surface area (Å²) in [5.74, 6) is -1.37. The highest BCUT2D eigenvalue weighted by atomic mass is 35.5. The summed E-state index contributed by atoms with van der Waals surface area (Å²) in [6.07, 6.45) is 2.96. The predicted octanol–water partition coefficient (Wildman–Crippen LogP) is 8.07. The van der Waals surface area contributed by atoms with Gasteiger partial charge in [-0.15, -0.1) is 11.6 Å². The first-order valence-electron chi connectivity index (χ1n) is 19.9. The number of nitrogens with one attached hydrogen (secondary N) is 1. The standard InChI is InChI=1S/C14H20ClNO2.C11H11Cl2NO2.C10H5Cl2F3N4O2.C3H8NO5P.C3H9S/c1-4-12-8-6-7-11(3)14(12)16(10-18-5-2)13(17)9-15;1-7-6-16-9-5-3-2-4-8(9)14(7)11(15)10(12)13;11-5-1-4(10(13,14)15)2-6(12)8(5)18-9(16)7(3-17-18)19(20)21;5-3(6)1-4-2-10(7,8)9;1-4(2)3/h6-8H,4-5,9-10H2,1-3H3;2-5,7,10H,6H2,1H3;1-3H,16H2;4H,1-2H2,(H,5,6)(H2,7,8,9);1-3H3/q;;;;+1/p-1. The molecule has 1 aliphatic rings. The van der Waals surface area contributed by atoms with E-state index in [0.29, 0.717) is 42.0 Å². The topological polar surface area (TPSA) is 256 Å². The first-order chi connectivity index (χ1) is 32.0. The van der Waals surface area contributed by atoms with Gasteiger partial charge in [0.05, 0.1) is 69.5 Å². The minimum Gasteiger partial charge on any atom is -0.778 e. The molecule has 0 radical (unpaired) electrons. The van der Waals surface area contributed by atoms with Gasteiger partial charge in [0.1, 0.15) is 44.4 Å². The first-order valence-corrected chi connectivity index (χ1v) is 26.3.